The molecule has 2 aromatic carbocycles. The number of piperazine rings is 2. The number of furan rings is 2. The summed E-state index contributed by atoms with van der Waals surface area (Å²) < 4.78 is 12.2. The van der Waals surface area contributed by atoms with Crippen molar-refractivity contribution in [2.45, 2.75) is 91.1 Å². The summed E-state index contributed by atoms with van der Waals surface area (Å²) in [5.41, 5.74) is 4.60. The number of hydrogen-bond acceptors (Lipinski definition) is 11. The zero-order valence-electron chi connectivity index (χ0n) is 41.1. The van der Waals surface area contributed by atoms with Crippen LogP contribution in [0.5, 0.6) is 0 Å². The van der Waals surface area contributed by atoms with E-state index in [1.54, 1.807) is 56.9 Å². The quantitative estimate of drug-likeness (QED) is 0.160. The summed E-state index contributed by atoms with van der Waals surface area (Å²) in [7, 11) is 0. The zero-order valence-corrected chi connectivity index (χ0v) is 42.6. The lowest BCUT2D eigenvalue weighted by molar-refractivity contribution is -0.133. The minimum absolute atomic E-state index is 0.0765. The number of nitrogens with one attached hydrogen (secondary N) is 1. The van der Waals surface area contributed by atoms with Gasteiger partial charge in [0.2, 0.25) is 11.9 Å². The van der Waals surface area contributed by atoms with E-state index in [1.807, 2.05) is 48.5 Å². The third-order valence-corrected chi connectivity index (χ3v) is 13.2. The number of fused-ring (bicyclic) bond motifs is 2. The summed E-state index contributed by atoms with van der Waals surface area (Å²) in [6.07, 6.45) is 2.30. The van der Waals surface area contributed by atoms with Crippen LogP contribution in [0.1, 0.15) is 112 Å². The van der Waals surface area contributed by atoms with Gasteiger partial charge >= 0.3 is 5.97 Å². The van der Waals surface area contributed by atoms with E-state index in [4.69, 9.17) is 47.1 Å². The molecule has 71 heavy (non-hydrogen) atoms. The van der Waals surface area contributed by atoms with Gasteiger partial charge in [-0.15, -0.1) is 0 Å². The van der Waals surface area contributed by atoms with E-state index in [-0.39, 0.29) is 58.8 Å². The smallest absolute Gasteiger partial charge is 0.338 e. The summed E-state index contributed by atoms with van der Waals surface area (Å²) in [5.74, 6) is -2.15. The molecule has 0 saturated carbocycles. The Morgan fingerprint density at radius 3 is 1.51 bits per heavy atom. The minimum atomic E-state index is -1.25. The van der Waals surface area contributed by atoms with Crippen molar-refractivity contribution in [2.75, 3.05) is 31.1 Å². The summed E-state index contributed by atoms with van der Waals surface area (Å²) in [5, 5.41) is 13.2. The Kier molecular flexibility index (Phi) is 13.1. The monoisotopic (exact) mass is 1000 g/mol. The van der Waals surface area contributed by atoms with Crippen LogP contribution in [-0.2, 0) is 20.4 Å². The van der Waals surface area contributed by atoms with E-state index in [9.17, 15) is 24.0 Å². The molecule has 2 fully saturated rings. The Bertz CT molecular complexity index is 3240. The fourth-order valence-electron chi connectivity index (χ4n) is 8.57. The molecule has 0 spiro atoms. The average molecular weight is 1000 g/mol. The van der Waals surface area contributed by atoms with Crippen LogP contribution in [0.4, 0.5) is 5.95 Å². The van der Waals surface area contributed by atoms with E-state index in [0.717, 1.165) is 46.0 Å². The van der Waals surface area contributed by atoms with E-state index in [2.05, 4.69) is 56.8 Å². The number of carboxylic acids is 1. The van der Waals surface area contributed by atoms with E-state index in [0.29, 0.717) is 45.3 Å². The molecule has 0 unspecified atom stereocenters. The Labute approximate surface area is 420 Å². The predicted octanol–water partition coefficient (Wildman–Crippen LogP) is 10.00. The van der Waals surface area contributed by atoms with Crippen molar-refractivity contribution in [1.82, 2.24) is 35.1 Å². The number of carbonyl (C=O) groups excluding carboxylic acids is 4. The van der Waals surface area contributed by atoms with Crippen LogP contribution in [0.2, 0.25) is 10.0 Å². The highest BCUT2D eigenvalue weighted by Gasteiger charge is 2.47. The lowest BCUT2D eigenvalue weighted by atomic mass is 9.86. The second-order valence-electron chi connectivity index (χ2n) is 20.6. The molecule has 7 aromatic rings. The molecular formula is C53H54Cl2N8O8. The van der Waals surface area contributed by atoms with Gasteiger partial charge in [-0.3, -0.25) is 24.1 Å². The first-order valence-electron chi connectivity index (χ1n) is 23.0. The fraction of sp³-hybridized carbons (Fsp3) is 0.340. The Hall–Kier alpha value is -7.17. The molecule has 2 aliphatic rings. The number of halogens is 2. The third-order valence-electron chi connectivity index (χ3n) is 12.7. The first kappa shape index (κ1) is 50.2. The average Bonchev–Trinajstić information content (AvgIpc) is 3.95. The van der Waals surface area contributed by atoms with Gasteiger partial charge in [0.05, 0.1) is 17.0 Å². The predicted molar refractivity (Wildman–Crippen MR) is 271 cm³/mol. The van der Waals surface area contributed by atoms with Crippen LogP contribution in [0.15, 0.2) is 94.0 Å². The zero-order chi connectivity index (χ0) is 51.5. The standard InChI is InChI=1S/C29H28ClN5O5.C24H26ClN3O3/c1-28(2,3)19-12-20(16-6-8-18(30)9-7-16)33-21-13-22(40-23(19)21)24(36)35-11-10-34(26(39)29(35,4)5)27-31-14-17(15-32-27)25(37)38;1-23(2,3)16-12-17(14-6-8-15(25)9-7-14)27-18-13-19(31-20(16)18)21(29)28-11-10-26-22(30)24(28,4)5/h6-9,12-15H,10-11H2,1-5H3,(H,37,38);6-9,12-13H,10-11H2,1-5H3,(H,26,30). The van der Waals surface area contributed by atoms with Crippen LogP contribution < -0.4 is 10.2 Å². The van der Waals surface area contributed by atoms with Gasteiger partial charge in [0.15, 0.2) is 22.7 Å². The summed E-state index contributed by atoms with van der Waals surface area (Å²) in [6.45, 7) is 20.4. The summed E-state index contributed by atoms with van der Waals surface area (Å²) in [4.78, 5) is 86.0. The van der Waals surface area contributed by atoms with Gasteiger partial charge < -0.3 is 29.1 Å². The van der Waals surface area contributed by atoms with Crippen LogP contribution >= 0.6 is 23.2 Å². The van der Waals surface area contributed by atoms with E-state index in [1.165, 1.54) is 9.80 Å². The number of aromatic carboxylic acids is 1. The molecule has 2 N–H and O–H groups in total. The molecule has 2 saturated heterocycles. The number of aromatic nitrogens is 4. The molecule has 18 heteroatoms. The third kappa shape index (κ3) is 9.82. The molecule has 0 bridgehead atoms. The van der Waals surface area contributed by atoms with Gasteiger partial charge in [-0.2, -0.15) is 0 Å². The van der Waals surface area contributed by atoms with Gasteiger partial charge in [-0.25, -0.2) is 24.7 Å². The van der Waals surface area contributed by atoms with Crippen LogP contribution in [0.25, 0.3) is 44.7 Å². The molecule has 0 atom stereocenters. The normalized spacial score (nSPS) is 15.9. The number of nitrogens with zero attached hydrogens (tertiary/aromatic N) is 7. The first-order valence-corrected chi connectivity index (χ1v) is 23.7. The number of amides is 4. The molecule has 4 amide bonds. The molecule has 0 aliphatic carbocycles. The Morgan fingerprint density at radius 2 is 1.08 bits per heavy atom. The largest absolute Gasteiger partial charge is 0.478 e. The number of carbonyl (C=O) groups is 5. The maximum absolute atomic E-state index is 13.8. The number of pyridine rings is 2. The molecule has 5 aromatic heterocycles. The number of rotatable bonds is 6. The Balaban J connectivity index is 0.000000197. The van der Waals surface area contributed by atoms with Gasteiger partial charge in [0, 0.05) is 83.0 Å². The van der Waals surface area contributed by atoms with Crippen molar-refractivity contribution in [2.24, 2.45) is 0 Å². The van der Waals surface area contributed by atoms with Gasteiger partial charge in [0.1, 0.15) is 22.1 Å². The van der Waals surface area contributed by atoms with Crippen molar-refractivity contribution >= 4 is 80.9 Å². The maximum Gasteiger partial charge on any atom is 0.338 e. The molecule has 16 nitrogen and oxygen atoms in total. The molecule has 0 radical (unpaired) electrons. The highest BCUT2D eigenvalue weighted by molar-refractivity contribution is 6.31. The molecule has 368 valence electrons. The van der Waals surface area contributed by atoms with Gasteiger partial charge in [-0.1, -0.05) is 89.0 Å². The molecule has 9 rings (SSSR count). The highest BCUT2D eigenvalue weighted by Crippen LogP contribution is 2.38. The van der Waals surface area contributed by atoms with Gasteiger partial charge in [0.25, 0.3) is 17.7 Å². The van der Waals surface area contributed by atoms with Crippen molar-refractivity contribution in [1.29, 1.82) is 0 Å². The lowest BCUT2D eigenvalue weighted by Gasteiger charge is -2.44. The highest BCUT2D eigenvalue weighted by atomic mass is 35.5. The SMILES string of the molecule is CC(C)(C)c1cc(-c2ccc(Cl)cc2)nc2cc(C(=O)N3CCN(c4ncc(C(=O)O)cn4)C(=O)C3(C)C)oc12.CC(C)(C)c1cc(-c2ccc(Cl)cc2)nc2cc(C(=O)N3CCNC(=O)C3(C)C)oc12. The van der Waals surface area contributed by atoms with Crippen LogP contribution in [-0.4, -0.2) is 102 Å². The topological polar surface area (TPSA) is 205 Å². The van der Waals surface area contributed by atoms with Crippen molar-refractivity contribution < 1.29 is 37.9 Å². The van der Waals surface area contributed by atoms with Crippen molar-refractivity contribution in [3.05, 3.63) is 123 Å². The van der Waals surface area contributed by atoms with E-state index >= 15 is 0 Å². The first-order chi connectivity index (χ1) is 33.2. The molecule has 2 aliphatic heterocycles. The van der Waals surface area contributed by atoms with Gasteiger partial charge in [-0.05, 0) is 74.9 Å². The van der Waals surface area contributed by atoms with Crippen LogP contribution in [0.3, 0.4) is 0 Å². The number of anilines is 1. The van der Waals surface area contributed by atoms with E-state index < -0.39 is 28.9 Å². The number of carboxylic acid groups (broad SMARTS) is 1. The molecule has 7 heterocycles. The number of hydrogen-bond donors (Lipinski definition) is 2. The number of benzene rings is 2. The second kappa shape index (κ2) is 18.5. The lowest BCUT2D eigenvalue weighted by Crippen LogP contribution is -2.65. The maximum atomic E-state index is 13.8. The minimum Gasteiger partial charge on any atom is -0.478 e. The van der Waals surface area contributed by atoms with Crippen LogP contribution in [0, 0.1) is 0 Å². The van der Waals surface area contributed by atoms with Crippen molar-refractivity contribution in [3.8, 4) is 22.5 Å². The van der Waals surface area contributed by atoms with Crippen molar-refractivity contribution in [3.63, 3.8) is 0 Å². The second-order valence-corrected chi connectivity index (χ2v) is 21.5. The fourth-order valence-corrected chi connectivity index (χ4v) is 8.82. The Morgan fingerprint density at radius 1 is 0.648 bits per heavy atom. The summed E-state index contributed by atoms with van der Waals surface area (Å²) >= 11 is 12.1. The molecular weight excluding hydrogens is 948 g/mol. The summed E-state index contributed by atoms with van der Waals surface area (Å²) in [6, 6.07) is 22.1.